The molecule has 3 N–H and O–H groups in total. The molecule has 7 nitrogen and oxygen atoms in total. The van der Waals surface area contributed by atoms with Crippen molar-refractivity contribution in [2.45, 2.75) is 50.4 Å². The molecule has 0 spiro atoms. The molecule has 3 heterocycles. The lowest BCUT2D eigenvalue weighted by Gasteiger charge is -2.37. The maximum atomic E-state index is 13.4. The van der Waals surface area contributed by atoms with Crippen LogP contribution in [0.3, 0.4) is 0 Å². The predicted molar refractivity (Wildman–Crippen MR) is 119 cm³/mol. The first-order valence-electron chi connectivity index (χ1n) is 11.1. The third-order valence-electron chi connectivity index (χ3n) is 6.83. The number of nitrogens with zero attached hydrogens (tertiary/aromatic N) is 1. The Hall–Kier alpha value is -3.61. The average Bonchev–Trinajstić information content (AvgIpc) is 3.46. The van der Waals surface area contributed by atoms with E-state index in [2.05, 4.69) is 15.6 Å². The Bertz CT molecular complexity index is 1280. The van der Waals surface area contributed by atoms with Crippen molar-refractivity contribution in [3.05, 3.63) is 70.9 Å². The van der Waals surface area contributed by atoms with Gasteiger partial charge in [0.05, 0.1) is 6.04 Å². The molecule has 0 radical (unpaired) electrons. The van der Waals surface area contributed by atoms with Gasteiger partial charge in [0.1, 0.15) is 12.1 Å². The summed E-state index contributed by atoms with van der Waals surface area (Å²) in [6.07, 6.45) is 2.37. The Labute approximate surface area is 185 Å². The van der Waals surface area contributed by atoms with Crippen molar-refractivity contribution in [3.63, 3.8) is 0 Å². The van der Waals surface area contributed by atoms with E-state index in [1.165, 1.54) is 0 Å². The molecule has 32 heavy (non-hydrogen) atoms. The van der Waals surface area contributed by atoms with Gasteiger partial charge >= 0.3 is 0 Å². The SMILES string of the molecule is C[C@H](NC(=O)[C@@H]1Cc2c([nH]c3ccccc23)C2c3ccccc3C(=O)N21)C(=O)NC1CC1. The summed E-state index contributed by atoms with van der Waals surface area (Å²) in [5.74, 6) is -0.632. The quantitative estimate of drug-likeness (QED) is 0.596. The van der Waals surface area contributed by atoms with Crippen LogP contribution in [0.1, 0.15) is 53.0 Å². The number of para-hydroxylation sites is 1. The summed E-state index contributed by atoms with van der Waals surface area (Å²) >= 11 is 0. The highest BCUT2D eigenvalue weighted by Gasteiger charge is 2.49. The van der Waals surface area contributed by atoms with Gasteiger partial charge in [-0.2, -0.15) is 0 Å². The van der Waals surface area contributed by atoms with Gasteiger partial charge < -0.3 is 20.5 Å². The fraction of sp³-hybridized carbons (Fsp3) is 0.320. The van der Waals surface area contributed by atoms with Crippen LogP contribution in [0, 0.1) is 0 Å². The predicted octanol–water partition coefficient (Wildman–Crippen LogP) is 2.42. The van der Waals surface area contributed by atoms with Crippen LogP contribution in [0.25, 0.3) is 10.9 Å². The van der Waals surface area contributed by atoms with E-state index in [4.69, 9.17) is 0 Å². The van der Waals surface area contributed by atoms with Gasteiger partial charge in [0, 0.05) is 34.6 Å². The molecule has 1 unspecified atom stereocenters. The minimum Gasteiger partial charge on any atom is -0.356 e. The van der Waals surface area contributed by atoms with Gasteiger partial charge in [0.2, 0.25) is 11.8 Å². The van der Waals surface area contributed by atoms with Gasteiger partial charge in [-0.1, -0.05) is 36.4 Å². The Morgan fingerprint density at radius 3 is 2.66 bits per heavy atom. The number of hydrogen-bond donors (Lipinski definition) is 3. The maximum absolute atomic E-state index is 13.4. The summed E-state index contributed by atoms with van der Waals surface area (Å²) in [4.78, 5) is 44.4. The van der Waals surface area contributed by atoms with Gasteiger partial charge in [0.25, 0.3) is 5.91 Å². The molecule has 3 aliphatic rings. The summed E-state index contributed by atoms with van der Waals surface area (Å²) in [6, 6.07) is 14.1. The van der Waals surface area contributed by atoms with E-state index in [1.54, 1.807) is 11.8 Å². The number of aromatic nitrogens is 1. The Morgan fingerprint density at radius 1 is 1.09 bits per heavy atom. The smallest absolute Gasteiger partial charge is 0.255 e. The first-order chi connectivity index (χ1) is 15.5. The summed E-state index contributed by atoms with van der Waals surface area (Å²) in [7, 11) is 0. The minimum absolute atomic E-state index is 0.148. The van der Waals surface area contributed by atoms with Gasteiger partial charge in [-0.25, -0.2) is 0 Å². The first kappa shape index (κ1) is 19.1. The van der Waals surface area contributed by atoms with Gasteiger partial charge in [0.15, 0.2) is 0 Å². The van der Waals surface area contributed by atoms with Gasteiger partial charge in [-0.15, -0.1) is 0 Å². The van der Waals surface area contributed by atoms with E-state index in [0.717, 1.165) is 40.6 Å². The molecule has 1 saturated carbocycles. The second kappa shape index (κ2) is 6.95. The lowest BCUT2D eigenvalue weighted by Crippen LogP contribution is -2.56. The lowest BCUT2D eigenvalue weighted by atomic mass is 9.90. The fourth-order valence-corrected chi connectivity index (χ4v) is 5.07. The topological polar surface area (TPSA) is 94.3 Å². The van der Waals surface area contributed by atoms with Crippen LogP contribution < -0.4 is 10.6 Å². The number of amides is 3. The highest BCUT2D eigenvalue weighted by Crippen LogP contribution is 2.46. The molecule has 7 heteroatoms. The Morgan fingerprint density at radius 2 is 1.84 bits per heavy atom. The van der Waals surface area contributed by atoms with E-state index in [9.17, 15) is 14.4 Å². The van der Waals surface area contributed by atoms with Crippen LogP contribution in [0.15, 0.2) is 48.5 Å². The van der Waals surface area contributed by atoms with Crippen molar-refractivity contribution >= 4 is 28.6 Å². The molecule has 0 bridgehead atoms. The van der Waals surface area contributed by atoms with Crippen molar-refractivity contribution in [1.29, 1.82) is 0 Å². The first-order valence-corrected chi connectivity index (χ1v) is 11.1. The largest absolute Gasteiger partial charge is 0.356 e. The van der Waals surface area contributed by atoms with Crippen LogP contribution in [0.4, 0.5) is 0 Å². The van der Waals surface area contributed by atoms with E-state index < -0.39 is 12.1 Å². The number of carbonyl (C=O) groups is 3. The van der Waals surface area contributed by atoms with E-state index in [1.807, 2.05) is 48.5 Å². The van der Waals surface area contributed by atoms with Crippen LogP contribution in [0.5, 0.6) is 0 Å². The maximum Gasteiger partial charge on any atom is 0.255 e. The number of aromatic amines is 1. The minimum atomic E-state index is -0.692. The number of benzene rings is 2. The number of carbonyl (C=O) groups excluding carboxylic acids is 3. The third kappa shape index (κ3) is 2.84. The number of nitrogens with one attached hydrogen (secondary N) is 3. The van der Waals surface area contributed by atoms with Crippen molar-refractivity contribution < 1.29 is 14.4 Å². The van der Waals surface area contributed by atoms with Crippen LogP contribution in [-0.4, -0.2) is 45.7 Å². The van der Waals surface area contributed by atoms with Crippen molar-refractivity contribution in [3.8, 4) is 0 Å². The monoisotopic (exact) mass is 428 g/mol. The highest BCUT2D eigenvalue weighted by atomic mass is 16.2. The molecule has 3 amide bonds. The average molecular weight is 428 g/mol. The number of rotatable bonds is 4. The number of hydrogen-bond acceptors (Lipinski definition) is 3. The zero-order valence-electron chi connectivity index (χ0n) is 17.7. The molecule has 3 aromatic rings. The molecule has 2 aromatic carbocycles. The Balaban J connectivity index is 1.39. The van der Waals surface area contributed by atoms with Gasteiger partial charge in [-0.3, -0.25) is 14.4 Å². The van der Waals surface area contributed by atoms with Gasteiger partial charge in [-0.05, 0) is 43.0 Å². The van der Waals surface area contributed by atoms with E-state index >= 15 is 0 Å². The zero-order chi connectivity index (χ0) is 22.0. The second-order valence-corrected chi connectivity index (χ2v) is 9.00. The molecular formula is C25H24N4O3. The molecule has 1 fully saturated rings. The van der Waals surface area contributed by atoms with Crippen molar-refractivity contribution in [1.82, 2.24) is 20.5 Å². The summed E-state index contributed by atoms with van der Waals surface area (Å²) < 4.78 is 0. The molecular weight excluding hydrogens is 404 g/mol. The number of fused-ring (bicyclic) bond motifs is 7. The molecule has 2 aliphatic heterocycles. The van der Waals surface area contributed by atoms with E-state index in [0.29, 0.717) is 12.0 Å². The van der Waals surface area contributed by atoms with Crippen LogP contribution >= 0.6 is 0 Å². The molecule has 162 valence electrons. The second-order valence-electron chi connectivity index (χ2n) is 9.00. The number of H-pyrrole nitrogens is 1. The summed E-state index contributed by atoms with van der Waals surface area (Å²) in [5, 5.41) is 6.85. The molecule has 1 aliphatic carbocycles. The molecule has 0 saturated heterocycles. The fourth-order valence-electron chi connectivity index (χ4n) is 5.07. The van der Waals surface area contributed by atoms with Crippen molar-refractivity contribution in [2.24, 2.45) is 0 Å². The highest BCUT2D eigenvalue weighted by molar-refractivity contribution is 6.04. The summed E-state index contributed by atoms with van der Waals surface area (Å²) in [6.45, 7) is 1.69. The Kier molecular flexibility index (Phi) is 4.15. The normalized spacial score (nSPS) is 22.2. The third-order valence-corrected chi connectivity index (χ3v) is 6.83. The summed E-state index contributed by atoms with van der Waals surface area (Å²) in [5.41, 5.74) is 4.55. The molecule has 1 aromatic heterocycles. The van der Waals surface area contributed by atoms with Crippen LogP contribution in [0.2, 0.25) is 0 Å². The van der Waals surface area contributed by atoms with E-state index in [-0.39, 0.29) is 29.8 Å². The zero-order valence-corrected chi connectivity index (χ0v) is 17.7. The molecule has 3 atom stereocenters. The molecule has 6 rings (SSSR count). The van der Waals surface area contributed by atoms with Crippen LogP contribution in [-0.2, 0) is 16.0 Å². The van der Waals surface area contributed by atoms with Crippen molar-refractivity contribution in [2.75, 3.05) is 0 Å². The lowest BCUT2D eigenvalue weighted by molar-refractivity contribution is -0.131. The standard InChI is InChI=1S/C25H24N4O3/c1-13(23(30)27-14-10-11-14)26-24(31)20-12-18-15-6-4-5-9-19(15)28-21(18)22-16-7-2-3-8-17(16)25(32)29(20)22/h2-9,13-14,20,22,28H,10-12H2,1H3,(H,26,31)(H,27,30)/t13-,20-,22?/m0/s1.